The van der Waals surface area contributed by atoms with Crippen LogP contribution in [0.5, 0.6) is 11.5 Å². The van der Waals surface area contributed by atoms with E-state index in [0.29, 0.717) is 52.7 Å². The van der Waals surface area contributed by atoms with Crippen molar-refractivity contribution in [1.29, 1.82) is 0 Å². The number of thioether (sulfide) groups is 1. The lowest BCUT2D eigenvalue weighted by Gasteiger charge is -2.31. The fourth-order valence-corrected chi connectivity index (χ4v) is 4.82. The van der Waals surface area contributed by atoms with Gasteiger partial charge in [0, 0.05) is 28.4 Å². The highest BCUT2D eigenvalue weighted by Crippen LogP contribution is 2.43. The third-order valence-corrected chi connectivity index (χ3v) is 7.03. The number of hydrogen-bond donors (Lipinski definition) is 3. The Morgan fingerprint density at radius 3 is 2.27 bits per heavy atom. The Morgan fingerprint density at radius 2 is 1.66 bits per heavy atom. The summed E-state index contributed by atoms with van der Waals surface area (Å²) in [5, 5.41) is 16.3. The smallest absolute Gasteiger partial charge is 0.336 e. The molecule has 0 saturated carbocycles. The first-order valence-corrected chi connectivity index (χ1v) is 14.2. The maximum atomic E-state index is 12.9. The zero-order valence-corrected chi connectivity index (χ0v) is 24.7. The second kappa shape index (κ2) is 15.8. The van der Waals surface area contributed by atoms with Crippen molar-refractivity contribution in [1.82, 2.24) is 10.6 Å². The zero-order chi connectivity index (χ0) is 29.8. The fourth-order valence-electron chi connectivity index (χ4n) is 4.37. The molecule has 0 amide bonds. The lowest BCUT2D eigenvalue weighted by atomic mass is 9.80. The van der Waals surface area contributed by atoms with Crippen LogP contribution >= 0.6 is 11.8 Å². The van der Waals surface area contributed by atoms with Crippen LogP contribution in [0, 0.1) is 11.8 Å². The maximum Gasteiger partial charge on any atom is 0.336 e. The van der Waals surface area contributed by atoms with E-state index in [0.717, 1.165) is 4.90 Å². The first-order chi connectivity index (χ1) is 19.8. The summed E-state index contributed by atoms with van der Waals surface area (Å²) >= 11 is 1.53. The monoisotopic (exact) mass is 580 g/mol. The number of dihydropyridines is 1. The van der Waals surface area contributed by atoms with E-state index in [9.17, 15) is 14.7 Å². The van der Waals surface area contributed by atoms with Crippen LogP contribution in [-0.2, 0) is 19.1 Å². The van der Waals surface area contributed by atoms with E-state index in [1.807, 2.05) is 48.7 Å². The highest BCUT2D eigenvalue weighted by molar-refractivity contribution is 7.98. The molecule has 0 aliphatic carbocycles. The normalized spacial score (nSPS) is 14.0. The number of methoxy groups -OCH3 is 2. The van der Waals surface area contributed by atoms with Crippen molar-refractivity contribution in [3.63, 3.8) is 0 Å². The van der Waals surface area contributed by atoms with Crippen LogP contribution in [0.3, 0.4) is 0 Å². The van der Waals surface area contributed by atoms with Crippen molar-refractivity contribution in [2.24, 2.45) is 0 Å². The average Bonchev–Trinajstić information content (AvgIpc) is 2.99. The summed E-state index contributed by atoms with van der Waals surface area (Å²) in [5.41, 5.74) is 2.38. The van der Waals surface area contributed by atoms with Crippen molar-refractivity contribution in [2.75, 3.05) is 46.8 Å². The summed E-state index contributed by atoms with van der Waals surface area (Å²) in [6.45, 7) is 4.44. The van der Waals surface area contributed by atoms with Crippen LogP contribution in [0.4, 0.5) is 0 Å². The summed E-state index contributed by atoms with van der Waals surface area (Å²) in [6, 6.07) is 14.9. The van der Waals surface area contributed by atoms with E-state index in [1.165, 1.54) is 26.0 Å². The van der Waals surface area contributed by atoms with Crippen LogP contribution in [0.25, 0.3) is 0 Å². The van der Waals surface area contributed by atoms with E-state index in [4.69, 9.17) is 18.9 Å². The average molecular weight is 581 g/mol. The van der Waals surface area contributed by atoms with Gasteiger partial charge in [-0.05, 0) is 50.4 Å². The van der Waals surface area contributed by atoms with Gasteiger partial charge in [0.15, 0.2) is 0 Å². The molecule has 2 aromatic carbocycles. The molecule has 218 valence electrons. The predicted molar refractivity (Wildman–Crippen MR) is 158 cm³/mol. The molecule has 1 heterocycles. The molecule has 3 rings (SSSR count). The molecule has 0 radical (unpaired) electrons. The van der Waals surface area contributed by atoms with Gasteiger partial charge in [0.25, 0.3) is 0 Å². The number of nitrogens with one attached hydrogen (secondary N) is 2. The van der Waals surface area contributed by atoms with E-state index in [2.05, 4.69) is 22.5 Å². The van der Waals surface area contributed by atoms with Gasteiger partial charge in [-0.2, -0.15) is 0 Å². The van der Waals surface area contributed by atoms with Crippen molar-refractivity contribution in [3.05, 3.63) is 76.6 Å². The van der Waals surface area contributed by atoms with Gasteiger partial charge in [-0.15, -0.1) is 11.8 Å². The van der Waals surface area contributed by atoms with E-state index < -0.39 is 24.0 Å². The van der Waals surface area contributed by atoms with Crippen LogP contribution < -0.4 is 20.1 Å². The largest absolute Gasteiger partial charge is 0.491 e. The number of para-hydroxylation sites is 1. The standard InChI is InChI=1S/C31H36N2O7S/c1-20-27(30(35)37-3)29(28(21(2)33-20)31(36)38-4)25-17-24(41-5)13-14-26(25)39-16-10-9-15-32-18-22(34)19-40-23-11-7-6-8-12-23/h6-8,11-14,17,22,29,32-34H,15-16,18-19H2,1-5H3/t22-/m0/s1. The van der Waals surface area contributed by atoms with Gasteiger partial charge < -0.3 is 34.7 Å². The van der Waals surface area contributed by atoms with Crippen molar-refractivity contribution in [3.8, 4) is 23.3 Å². The molecule has 1 aliphatic heterocycles. The number of carbonyl (C=O) groups excluding carboxylic acids is 2. The molecule has 1 atom stereocenters. The molecule has 2 aromatic rings. The zero-order valence-electron chi connectivity index (χ0n) is 23.9. The minimum atomic E-state index is -0.771. The Balaban J connectivity index is 1.71. The van der Waals surface area contributed by atoms with Gasteiger partial charge in [-0.3, -0.25) is 0 Å². The second-order valence-corrected chi connectivity index (χ2v) is 9.95. The molecular formula is C31H36N2O7S. The molecule has 3 N–H and O–H groups in total. The quantitative estimate of drug-likeness (QED) is 0.149. The predicted octanol–water partition coefficient (Wildman–Crippen LogP) is 3.40. The first-order valence-electron chi connectivity index (χ1n) is 13.0. The highest BCUT2D eigenvalue weighted by atomic mass is 32.2. The van der Waals surface area contributed by atoms with E-state index >= 15 is 0 Å². The Bertz CT molecular complexity index is 1310. The number of aliphatic hydroxyl groups is 1. The van der Waals surface area contributed by atoms with Crippen LogP contribution in [0.15, 0.2) is 76.0 Å². The minimum Gasteiger partial charge on any atom is -0.491 e. The molecule has 1 aliphatic rings. The molecule has 0 aromatic heterocycles. The molecular weight excluding hydrogens is 544 g/mol. The lowest BCUT2D eigenvalue weighted by molar-refractivity contribution is -0.137. The Hall–Kier alpha value is -3.91. The molecule has 10 heteroatoms. The summed E-state index contributed by atoms with van der Waals surface area (Å²) in [4.78, 5) is 26.8. The molecule has 0 bridgehead atoms. The molecule has 0 saturated heterocycles. The maximum absolute atomic E-state index is 12.9. The van der Waals surface area contributed by atoms with Crippen molar-refractivity contribution >= 4 is 23.7 Å². The van der Waals surface area contributed by atoms with Gasteiger partial charge in [0.1, 0.15) is 30.8 Å². The number of hydrogen-bond acceptors (Lipinski definition) is 10. The SMILES string of the molecule is COC(=O)C1=C(C)NC(C)=C(C(=O)OC)C1c1cc(SC)ccc1OCC#CCNC[C@H](O)COc1ccccc1. The Kier molecular flexibility index (Phi) is 12.2. The number of carbonyl (C=O) groups is 2. The number of aliphatic hydroxyl groups excluding tert-OH is 1. The molecule has 0 fully saturated rings. The van der Waals surface area contributed by atoms with Crippen LogP contribution in [-0.4, -0.2) is 69.9 Å². The van der Waals surface area contributed by atoms with Gasteiger partial charge >= 0.3 is 11.9 Å². The molecule has 41 heavy (non-hydrogen) atoms. The number of rotatable bonds is 12. The minimum absolute atomic E-state index is 0.0739. The summed E-state index contributed by atoms with van der Waals surface area (Å²) in [6.07, 6.45) is 1.26. The molecule has 0 unspecified atom stereocenters. The summed E-state index contributed by atoms with van der Waals surface area (Å²) in [7, 11) is 2.61. The number of benzene rings is 2. The number of esters is 2. The van der Waals surface area contributed by atoms with Crippen LogP contribution in [0.2, 0.25) is 0 Å². The van der Waals surface area contributed by atoms with E-state index in [1.54, 1.807) is 19.9 Å². The molecule has 0 spiro atoms. The third-order valence-electron chi connectivity index (χ3n) is 6.30. The number of allylic oxidation sites excluding steroid dienone is 2. The Labute approximate surface area is 245 Å². The highest BCUT2D eigenvalue weighted by Gasteiger charge is 2.39. The fraction of sp³-hybridized carbons (Fsp3) is 0.355. The van der Waals surface area contributed by atoms with Crippen molar-refractivity contribution in [2.45, 2.75) is 30.8 Å². The Morgan fingerprint density at radius 1 is 1.00 bits per heavy atom. The number of ether oxygens (including phenoxy) is 4. The van der Waals surface area contributed by atoms with Crippen LogP contribution in [0.1, 0.15) is 25.3 Å². The second-order valence-electron chi connectivity index (χ2n) is 9.07. The van der Waals surface area contributed by atoms with Gasteiger partial charge in [-0.1, -0.05) is 30.0 Å². The lowest BCUT2D eigenvalue weighted by Crippen LogP contribution is -2.32. The third kappa shape index (κ3) is 8.54. The summed E-state index contributed by atoms with van der Waals surface area (Å²) < 4.78 is 21.8. The van der Waals surface area contributed by atoms with Gasteiger partial charge in [0.2, 0.25) is 0 Å². The molecule has 9 nitrogen and oxygen atoms in total. The van der Waals surface area contributed by atoms with E-state index in [-0.39, 0.29) is 13.2 Å². The van der Waals surface area contributed by atoms with Gasteiger partial charge in [-0.25, -0.2) is 9.59 Å². The summed E-state index contributed by atoms with van der Waals surface area (Å²) in [5.74, 6) is 5.23. The topological polar surface area (TPSA) is 115 Å². The van der Waals surface area contributed by atoms with Gasteiger partial charge in [0.05, 0.1) is 37.8 Å². The van der Waals surface area contributed by atoms with Crippen molar-refractivity contribution < 1.29 is 33.6 Å². The first kappa shape index (κ1) is 31.6.